The quantitative estimate of drug-likeness (QED) is 0.151. The Morgan fingerprint density at radius 3 is 2.42 bits per heavy atom. The van der Waals surface area contributed by atoms with Gasteiger partial charge in [0.25, 0.3) is 5.79 Å². The summed E-state index contributed by atoms with van der Waals surface area (Å²) < 4.78 is 18.0. The van der Waals surface area contributed by atoms with Crippen LogP contribution in [0.15, 0.2) is 72.9 Å². The maximum Gasteiger partial charge on any atom is 0.324 e. The molecule has 1 saturated heterocycles. The summed E-state index contributed by atoms with van der Waals surface area (Å²) in [6.45, 7) is 3.44. The van der Waals surface area contributed by atoms with E-state index in [0.29, 0.717) is 22.9 Å². The minimum absolute atomic E-state index is 0.359. The number of esters is 2. The monoisotopic (exact) mass is 615 g/mol. The standard InChI is InChI=1S/C28H23ClINO5/c1-28(2)35-26(32)25(27(33)36-28)24(20-14-31-22-6-4-3-5-19(20)22)17-9-12-23(21(29)13-17)34-15-16-7-10-18(30)11-8-16/h3-14,24-25,31H,15H2,1-2H3/t24-/m1/s1. The number of hydrogen-bond donors (Lipinski definition) is 1. The molecule has 0 aliphatic carbocycles. The molecular weight excluding hydrogens is 593 g/mol. The summed E-state index contributed by atoms with van der Waals surface area (Å²) in [5.74, 6) is -3.96. The first-order valence-corrected chi connectivity index (χ1v) is 12.9. The van der Waals surface area contributed by atoms with Crippen molar-refractivity contribution >= 4 is 57.0 Å². The first-order valence-electron chi connectivity index (χ1n) is 11.4. The number of cyclic esters (lactones) is 2. The number of hydrogen-bond acceptors (Lipinski definition) is 5. The Bertz CT molecular complexity index is 1430. The average Bonchev–Trinajstić information content (AvgIpc) is 3.25. The zero-order valence-electron chi connectivity index (χ0n) is 19.6. The largest absolute Gasteiger partial charge is 0.487 e. The molecule has 36 heavy (non-hydrogen) atoms. The normalized spacial score (nSPS) is 16.4. The van der Waals surface area contributed by atoms with Gasteiger partial charge in [0.2, 0.25) is 0 Å². The third-order valence-corrected chi connectivity index (χ3v) is 7.13. The van der Waals surface area contributed by atoms with Crippen molar-refractivity contribution in [2.24, 2.45) is 5.92 Å². The third-order valence-electron chi connectivity index (χ3n) is 6.11. The molecule has 1 atom stereocenters. The number of halogens is 2. The predicted octanol–water partition coefficient (Wildman–Crippen LogP) is 6.59. The highest BCUT2D eigenvalue weighted by atomic mass is 127. The summed E-state index contributed by atoms with van der Waals surface area (Å²) in [5, 5.41) is 1.27. The second kappa shape index (κ2) is 9.78. The van der Waals surface area contributed by atoms with E-state index in [2.05, 4.69) is 27.6 Å². The zero-order valence-corrected chi connectivity index (χ0v) is 22.5. The number of nitrogens with one attached hydrogen (secondary N) is 1. The molecule has 1 N–H and O–H groups in total. The third kappa shape index (κ3) is 4.95. The number of carbonyl (C=O) groups excluding carboxylic acids is 2. The fourth-order valence-electron chi connectivity index (χ4n) is 4.47. The molecule has 1 aromatic heterocycles. The van der Waals surface area contributed by atoms with E-state index in [-0.39, 0.29) is 0 Å². The molecule has 1 aliphatic heterocycles. The van der Waals surface area contributed by atoms with Gasteiger partial charge >= 0.3 is 11.9 Å². The minimum atomic E-state index is -1.32. The topological polar surface area (TPSA) is 77.6 Å². The Hall–Kier alpha value is -3.04. The first kappa shape index (κ1) is 24.6. The summed E-state index contributed by atoms with van der Waals surface area (Å²) in [4.78, 5) is 29.4. The fourth-order valence-corrected chi connectivity index (χ4v) is 5.08. The van der Waals surface area contributed by atoms with Gasteiger partial charge in [-0.1, -0.05) is 48.0 Å². The van der Waals surface area contributed by atoms with Crippen LogP contribution in [0.2, 0.25) is 5.02 Å². The van der Waals surface area contributed by atoms with Crippen LogP contribution >= 0.6 is 34.2 Å². The van der Waals surface area contributed by atoms with Gasteiger partial charge in [0, 0.05) is 40.4 Å². The van der Waals surface area contributed by atoms with Crippen LogP contribution in [0.4, 0.5) is 0 Å². The summed E-state index contributed by atoms with van der Waals surface area (Å²) in [5.41, 5.74) is 3.35. The SMILES string of the molecule is CC1(C)OC(=O)C([C@H](c2ccc(OCc3ccc(I)cc3)c(Cl)c2)c2c[nH]c3ccccc23)C(=O)O1. The van der Waals surface area contributed by atoms with Crippen molar-refractivity contribution in [1.82, 2.24) is 4.98 Å². The Balaban J connectivity index is 1.52. The van der Waals surface area contributed by atoms with Crippen molar-refractivity contribution in [1.29, 1.82) is 0 Å². The van der Waals surface area contributed by atoms with Gasteiger partial charge in [0.15, 0.2) is 5.92 Å². The lowest BCUT2D eigenvalue weighted by Gasteiger charge is -2.36. The molecule has 0 amide bonds. The summed E-state index contributed by atoms with van der Waals surface area (Å²) in [6, 6.07) is 21.0. The second-order valence-electron chi connectivity index (χ2n) is 9.09. The van der Waals surface area contributed by atoms with E-state index in [0.717, 1.165) is 25.6 Å². The minimum Gasteiger partial charge on any atom is -0.487 e. The number of rotatable bonds is 6. The number of aromatic nitrogens is 1. The van der Waals surface area contributed by atoms with E-state index in [1.54, 1.807) is 12.1 Å². The van der Waals surface area contributed by atoms with Gasteiger partial charge in [-0.25, -0.2) is 0 Å². The number of benzene rings is 3. The maximum absolute atomic E-state index is 13.1. The van der Waals surface area contributed by atoms with E-state index in [1.165, 1.54) is 13.8 Å². The molecule has 2 heterocycles. The molecule has 0 unspecified atom stereocenters. The van der Waals surface area contributed by atoms with Crippen LogP contribution in [-0.4, -0.2) is 22.7 Å². The first-order chi connectivity index (χ1) is 17.2. The lowest BCUT2D eigenvalue weighted by atomic mass is 9.80. The van der Waals surface area contributed by atoms with Gasteiger partial charge in [-0.05, 0) is 69.6 Å². The highest BCUT2D eigenvalue weighted by Crippen LogP contribution is 2.42. The van der Waals surface area contributed by atoms with Crippen molar-refractivity contribution in [2.75, 3.05) is 0 Å². The van der Waals surface area contributed by atoms with Crippen molar-refractivity contribution < 1.29 is 23.8 Å². The lowest BCUT2D eigenvalue weighted by molar-refractivity contribution is -0.240. The highest BCUT2D eigenvalue weighted by molar-refractivity contribution is 14.1. The number of para-hydroxylation sites is 1. The van der Waals surface area contributed by atoms with Gasteiger partial charge in [-0.3, -0.25) is 9.59 Å². The fraction of sp³-hybridized carbons (Fsp3) is 0.214. The summed E-state index contributed by atoms with van der Waals surface area (Å²) >= 11 is 8.89. The van der Waals surface area contributed by atoms with Crippen molar-refractivity contribution in [3.8, 4) is 5.75 Å². The number of ether oxygens (including phenoxy) is 3. The summed E-state index contributed by atoms with van der Waals surface area (Å²) in [7, 11) is 0. The number of carbonyl (C=O) groups is 2. The Kier molecular flexibility index (Phi) is 6.70. The predicted molar refractivity (Wildman–Crippen MR) is 145 cm³/mol. The molecule has 4 aromatic rings. The van der Waals surface area contributed by atoms with Crippen LogP contribution in [0.3, 0.4) is 0 Å². The molecule has 184 valence electrons. The van der Waals surface area contributed by atoms with E-state index in [4.69, 9.17) is 25.8 Å². The van der Waals surface area contributed by atoms with Crippen LogP contribution in [0.5, 0.6) is 5.75 Å². The van der Waals surface area contributed by atoms with Gasteiger partial charge in [-0.2, -0.15) is 0 Å². The molecule has 1 aliphatic rings. The van der Waals surface area contributed by atoms with E-state index in [9.17, 15) is 9.59 Å². The number of aromatic amines is 1. The molecular formula is C28H23ClINO5. The molecule has 0 radical (unpaired) electrons. The van der Waals surface area contributed by atoms with Gasteiger partial charge in [0.05, 0.1) is 5.02 Å². The maximum atomic E-state index is 13.1. The Morgan fingerprint density at radius 1 is 1.03 bits per heavy atom. The van der Waals surface area contributed by atoms with Crippen molar-refractivity contribution in [3.05, 3.63) is 98.2 Å². The van der Waals surface area contributed by atoms with Crippen LogP contribution in [-0.2, 0) is 25.7 Å². The van der Waals surface area contributed by atoms with Crippen molar-refractivity contribution in [3.63, 3.8) is 0 Å². The van der Waals surface area contributed by atoms with E-state index in [1.807, 2.05) is 60.8 Å². The second-order valence-corrected chi connectivity index (χ2v) is 10.7. The molecule has 0 spiro atoms. The molecule has 0 bridgehead atoms. The van der Waals surface area contributed by atoms with Gasteiger partial charge in [-0.15, -0.1) is 0 Å². The van der Waals surface area contributed by atoms with Crippen LogP contribution in [0.25, 0.3) is 10.9 Å². The van der Waals surface area contributed by atoms with Crippen LogP contribution < -0.4 is 4.74 Å². The molecule has 3 aromatic carbocycles. The number of fused-ring (bicyclic) bond motifs is 1. The highest BCUT2D eigenvalue weighted by Gasteiger charge is 2.48. The molecule has 8 heteroatoms. The smallest absolute Gasteiger partial charge is 0.324 e. The molecule has 1 fully saturated rings. The molecule has 0 saturated carbocycles. The van der Waals surface area contributed by atoms with Crippen LogP contribution in [0.1, 0.15) is 36.5 Å². The molecule has 6 nitrogen and oxygen atoms in total. The van der Waals surface area contributed by atoms with Crippen molar-refractivity contribution in [2.45, 2.75) is 32.2 Å². The average molecular weight is 616 g/mol. The lowest BCUT2D eigenvalue weighted by Crippen LogP contribution is -2.48. The van der Waals surface area contributed by atoms with E-state index >= 15 is 0 Å². The summed E-state index contributed by atoms with van der Waals surface area (Å²) in [6.07, 6.45) is 1.81. The van der Waals surface area contributed by atoms with Gasteiger partial charge < -0.3 is 19.2 Å². The molecule has 5 rings (SSSR count). The van der Waals surface area contributed by atoms with E-state index < -0.39 is 29.6 Å². The number of H-pyrrole nitrogens is 1. The van der Waals surface area contributed by atoms with Gasteiger partial charge in [0.1, 0.15) is 12.4 Å². The zero-order chi connectivity index (χ0) is 25.4. The van der Waals surface area contributed by atoms with Crippen LogP contribution in [0, 0.1) is 9.49 Å². The Labute approximate surface area is 227 Å². The Morgan fingerprint density at radius 2 is 1.72 bits per heavy atom.